The number of alkyl halides is 3. The van der Waals surface area contributed by atoms with Gasteiger partial charge in [-0.25, -0.2) is 18.6 Å². The molecule has 88 valence electrons. The summed E-state index contributed by atoms with van der Waals surface area (Å²) in [5.41, 5.74) is -1.19. The van der Waals surface area contributed by atoms with Gasteiger partial charge in [-0.05, 0) is 5.56 Å². The zero-order valence-electron chi connectivity index (χ0n) is 8.14. The quantitative estimate of drug-likeness (QED) is 0.489. The topological polar surface area (TPSA) is 39.2 Å². The largest absolute Gasteiger partial charge is 0.465 e. The van der Waals surface area contributed by atoms with Gasteiger partial charge in [-0.15, -0.1) is 0 Å². The SMILES string of the molecule is COC(=O)c1c(F)ncc(C(F)F)c1CBr. The van der Waals surface area contributed by atoms with Gasteiger partial charge in [0.25, 0.3) is 6.43 Å². The molecule has 0 aromatic carbocycles. The van der Waals surface area contributed by atoms with Crippen LogP contribution in [0.4, 0.5) is 13.2 Å². The van der Waals surface area contributed by atoms with Crippen LogP contribution in [0.3, 0.4) is 0 Å². The fourth-order valence-corrected chi connectivity index (χ4v) is 1.78. The van der Waals surface area contributed by atoms with Crippen LogP contribution >= 0.6 is 15.9 Å². The van der Waals surface area contributed by atoms with Crippen LogP contribution in [0.2, 0.25) is 0 Å². The number of esters is 1. The number of halogens is 4. The van der Waals surface area contributed by atoms with Crippen molar-refractivity contribution in [3.05, 3.63) is 28.8 Å². The van der Waals surface area contributed by atoms with Crippen molar-refractivity contribution in [2.24, 2.45) is 0 Å². The Morgan fingerprint density at radius 2 is 2.25 bits per heavy atom. The summed E-state index contributed by atoms with van der Waals surface area (Å²) >= 11 is 2.92. The van der Waals surface area contributed by atoms with Crippen molar-refractivity contribution in [2.45, 2.75) is 11.8 Å². The normalized spacial score (nSPS) is 10.6. The first kappa shape index (κ1) is 13.0. The van der Waals surface area contributed by atoms with Crippen molar-refractivity contribution in [1.29, 1.82) is 0 Å². The second kappa shape index (κ2) is 5.29. The highest BCUT2D eigenvalue weighted by atomic mass is 79.9. The van der Waals surface area contributed by atoms with Crippen LogP contribution in [-0.2, 0) is 10.1 Å². The molecule has 0 fully saturated rings. The van der Waals surface area contributed by atoms with Gasteiger partial charge in [-0.3, -0.25) is 0 Å². The lowest BCUT2D eigenvalue weighted by Gasteiger charge is -2.10. The van der Waals surface area contributed by atoms with E-state index in [0.717, 1.165) is 7.11 Å². The average Bonchev–Trinajstić information content (AvgIpc) is 2.26. The maximum absolute atomic E-state index is 13.2. The van der Waals surface area contributed by atoms with E-state index in [1.807, 2.05) is 0 Å². The molecule has 0 amide bonds. The predicted molar refractivity (Wildman–Crippen MR) is 53.1 cm³/mol. The van der Waals surface area contributed by atoms with Gasteiger partial charge in [0, 0.05) is 17.1 Å². The third-order valence-electron chi connectivity index (χ3n) is 1.93. The van der Waals surface area contributed by atoms with Crippen LogP contribution in [-0.4, -0.2) is 18.1 Å². The zero-order chi connectivity index (χ0) is 12.3. The molecule has 0 unspecified atom stereocenters. The van der Waals surface area contributed by atoms with E-state index in [4.69, 9.17) is 0 Å². The monoisotopic (exact) mass is 297 g/mol. The molecule has 1 aromatic heterocycles. The third-order valence-corrected chi connectivity index (χ3v) is 2.49. The van der Waals surface area contributed by atoms with Gasteiger partial charge >= 0.3 is 5.97 Å². The molecule has 0 aliphatic carbocycles. The first-order chi connectivity index (χ1) is 7.52. The molecule has 0 spiro atoms. The number of rotatable bonds is 3. The zero-order valence-corrected chi connectivity index (χ0v) is 9.72. The Morgan fingerprint density at radius 3 is 2.69 bits per heavy atom. The molecule has 7 heteroatoms. The van der Waals surface area contributed by atoms with Gasteiger partial charge in [0.05, 0.1) is 7.11 Å². The first-order valence-electron chi connectivity index (χ1n) is 4.12. The van der Waals surface area contributed by atoms with E-state index in [0.29, 0.717) is 6.20 Å². The van der Waals surface area contributed by atoms with Crippen molar-refractivity contribution in [2.75, 3.05) is 7.11 Å². The fraction of sp³-hybridized carbons (Fsp3) is 0.333. The number of nitrogens with zero attached hydrogens (tertiary/aromatic N) is 1. The van der Waals surface area contributed by atoms with Crippen molar-refractivity contribution in [3.8, 4) is 0 Å². The summed E-state index contributed by atoms with van der Waals surface area (Å²) in [6.45, 7) is 0. The molecule has 0 aliphatic rings. The van der Waals surface area contributed by atoms with E-state index in [1.54, 1.807) is 0 Å². The minimum atomic E-state index is -2.83. The van der Waals surface area contributed by atoms with Gasteiger partial charge in [-0.2, -0.15) is 4.39 Å². The van der Waals surface area contributed by atoms with Crippen LogP contribution in [0.1, 0.15) is 27.9 Å². The molecule has 3 nitrogen and oxygen atoms in total. The molecule has 1 rings (SSSR count). The lowest BCUT2D eigenvalue weighted by atomic mass is 10.1. The van der Waals surface area contributed by atoms with Crippen molar-refractivity contribution >= 4 is 21.9 Å². The van der Waals surface area contributed by atoms with Crippen LogP contribution < -0.4 is 0 Å². The Morgan fingerprint density at radius 1 is 1.62 bits per heavy atom. The lowest BCUT2D eigenvalue weighted by Crippen LogP contribution is -2.12. The summed E-state index contributed by atoms with van der Waals surface area (Å²) < 4.78 is 42.7. The molecule has 0 atom stereocenters. The van der Waals surface area contributed by atoms with Crippen molar-refractivity contribution < 1.29 is 22.7 Å². The standard InChI is InChI=1S/C9H7BrF3NO2/c1-16-9(15)6-4(2-10)5(7(11)12)3-14-8(6)13/h3,7H,2H2,1H3. The van der Waals surface area contributed by atoms with Gasteiger partial charge < -0.3 is 4.74 Å². The summed E-state index contributed by atoms with van der Waals surface area (Å²) in [7, 11) is 1.04. The number of hydrogen-bond donors (Lipinski definition) is 0. The molecule has 1 heterocycles. The molecule has 0 bridgehead atoms. The highest BCUT2D eigenvalue weighted by molar-refractivity contribution is 9.08. The van der Waals surface area contributed by atoms with Crippen LogP contribution in [0.5, 0.6) is 0 Å². The molecule has 0 N–H and O–H groups in total. The molecule has 0 aliphatic heterocycles. The van der Waals surface area contributed by atoms with E-state index >= 15 is 0 Å². The van der Waals surface area contributed by atoms with Crippen molar-refractivity contribution in [3.63, 3.8) is 0 Å². The Bertz CT molecular complexity index is 412. The summed E-state index contributed by atoms with van der Waals surface area (Å²) in [6.07, 6.45) is -2.12. The Labute approximate surface area is 97.8 Å². The van der Waals surface area contributed by atoms with Gasteiger partial charge in [-0.1, -0.05) is 15.9 Å². The maximum atomic E-state index is 13.2. The number of methoxy groups -OCH3 is 1. The Kier molecular flexibility index (Phi) is 4.28. The second-order valence-corrected chi connectivity index (χ2v) is 3.34. The number of pyridine rings is 1. The number of hydrogen-bond acceptors (Lipinski definition) is 3. The minimum absolute atomic E-state index is 0.0868. The number of aromatic nitrogens is 1. The van der Waals surface area contributed by atoms with E-state index in [2.05, 4.69) is 25.7 Å². The van der Waals surface area contributed by atoms with Gasteiger partial charge in [0.15, 0.2) is 0 Å². The number of carbonyl (C=O) groups is 1. The maximum Gasteiger partial charge on any atom is 0.342 e. The summed E-state index contributed by atoms with van der Waals surface area (Å²) in [4.78, 5) is 14.3. The molecule has 0 radical (unpaired) electrons. The number of carbonyl (C=O) groups excluding carboxylic acids is 1. The van der Waals surface area contributed by atoms with Crippen LogP contribution in [0, 0.1) is 5.95 Å². The summed E-state index contributed by atoms with van der Waals surface area (Å²) in [5, 5.41) is -0.0868. The van der Waals surface area contributed by atoms with E-state index in [9.17, 15) is 18.0 Å². The highest BCUT2D eigenvalue weighted by Crippen LogP contribution is 2.28. The average molecular weight is 298 g/mol. The second-order valence-electron chi connectivity index (χ2n) is 2.78. The minimum Gasteiger partial charge on any atom is -0.465 e. The van der Waals surface area contributed by atoms with E-state index in [1.165, 1.54) is 0 Å². The van der Waals surface area contributed by atoms with Crippen LogP contribution in [0.25, 0.3) is 0 Å². The van der Waals surface area contributed by atoms with Gasteiger partial charge in [0.2, 0.25) is 5.95 Å². The lowest BCUT2D eigenvalue weighted by molar-refractivity contribution is 0.0592. The molecule has 16 heavy (non-hydrogen) atoms. The van der Waals surface area contributed by atoms with E-state index < -0.39 is 29.5 Å². The molecule has 1 aromatic rings. The first-order valence-corrected chi connectivity index (χ1v) is 5.24. The molecular formula is C9H7BrF3NO2. The Hall–Kier alpha value is -1.11. The summed E-state index contributed by atoms with van der Waals surface area (Å²) in [5.74, 6) is -2.15. The molecule has 0 saturated carbocycles. The highest BCUT2D eigenvalue weighted by Gasteiger charge is 2.24. The van der Waals surface area contributed by atoms with Gasteiger partial charge in [0.1, 0.15) is 5.56 Å². The predicted octanol–water partition coefficient (Wildman–Crippen LogP) is 2.84. The smallest absolute Gasteiger partial charge is 0.342 e. The molecule has 0 saturated heterocycles. The molecular weight excluding hydrogens is 291 g/mol. The Balaban J connectivity index is 3.44. The third kappa shape index (κ3) is 2.34. The fourth-order valence-electron chi connectivity index (χ4n) is 1.18. The summed E-state index contributed by atoms with van der Waals surface area (Å²) in [6, 6.07) is 0. The van der Waals surface area contributed by atoms with E-state index in [-0.39, 0.29) is 10.9 Å². The van der Waals surface area contributed by atoms with Crippen molar-refractivity contribution in [1.82, 2.24) is 4.98 Å². The number of ether oxygens (including phenoxy) is 1. The van der Waals surface area contributed by atoms with Crippen LogP contribution in [0.15, 0.2) is 6.20 Å².